The lowest BCUT2D eigenvalue weighted by atomic mass is 9.81. The first-order valence-corrected chi connectivity index (χ1v) is 7.58. The third-order valence-electron chi connectivity index (χ3n) is 4.42. The Balaban J connectivity index is 1.85. The Kier molecular flexibility index (Phi) is 4.51. The first kappa shape index (κ1) is 14.8. The van der Waals surface area contributed by atoms with E-state index in [4.69, 9.17) is 4.74 Å². The summed E-state index contributed by atoms with van der Waals surface area (Å²) in [6, 6.07) is 0.752. The molecule has 0 aromatic carbocycles. The lowest BCUT2D eigenvalue weighted by molar-refractivity contribution is -0.185. The van der Waals surface area contributed by atoms with Gasteiger partial charge in [-0.15, -0.1) is 0 Å². The normalized spacial score (nSPS) is 29.5. The molecule has 0 aromatic heterocycles. The van der Waals surface area contributed by atoms with E-state index in [1.807, 2.05) is 6.92 Å². The molecule has 0 radical (unpaired) electrons. The van der Waals surface area contributed by atoms with Gasteiger partial charge >= 0.3 is 0 Å². The molecule has 110 valence electrons. The fraction of sp³-hybridized carbons (Fsp3) is 0.933. The van der Waals surface area contributed by atoms with E-state index in [1.54, 1.807) is 13.8 Å². The summed E-state index contributed by atoms with van der Waals surface area (Å²) in [5.74, 6) is -0.653. The SMILES string of the molecule is CC1C(=O)N(C2CCCCC2)C1CCOC(C)(C)O. The van der Waals surface area contributed by atoms with Gasteiger partial charge in [0, 0.05) is 12.1 Å². The Morgan fingerprint density at radius 3 is 2.53 bits per heavy atom. The molecular weight excluding hydrogens is 242 g/mol. The van der Waals surface area contributed by atoms with Crippen LogP contribution in [0.5, 0.6) is 0 Å². The van der Waals surface area contributed by atoms with Crippen molar-refractivity contribution >= 4 is 5.91 Å². The molecule has 1 aliphatic heterocycles. The number of rotatable bonds is 5. The highest BCUT2D eigenvalue weighted by Crippen LogP contribution is 2.36. The highest BCUT2D eigenvalue weighted by atomic mass is 16.6. The summed E-state index contributed by atoms with van der Waals surface area (Å²) in [6.45, 7) is 5.80. The van der Waals surface area contributed by atoms with Gasteiger partial charge in [-0.2, -0.15) is 0 Å². The summed E-state index contributed by atoms with van der Waals surface area (Å²) in [6.07, 6.45) is 6.93. The smallest absolute Gasteiger partial charge is 0.228 e. The van der Waals surface area contributed by atoms with E-state index in [2.05, 4.69) is 4.90 Å². The second-order valence-corrected chi connectivity index (χ2v) is 6.48. The molecule has 1 amide bonds. The predicted octanol–water partition coefficient (Wildman–Crippen LogP) is 2.30. The number of amides is 1. The van der Waals surface area contributed by atoms with Gasteiger partial charge in [0.1, 0.15) is 0 Å². The van der Waals surface area contributed by atoms with Crippen molar-refractivity contribution in [2.45, 2.75) is 77.2 Å². The van der Waals surface area contributed by atoms with Crippen molar-refractivity contribution < 1.29 is 14.6 Å². The molecule has 19 heavy (non-hydrogen) atoms. The van der Waals surface area contributed by atoms with Crippen LogP contribution in [-0.4, -0.2) is 40.4 Å². The number of nitrogens with zero attached hydrogens (tertiary/aromatic N) is 1. The van der Waals surface area contributed by atoms with E-state index in [0.717, 1.165) is 19.3 Å². The Labute approximate surface area is 116 Å². The zero-order chi connectivity index (χ0) is 14.0. The predicted molar refractivity (Wildman–Crippen MR) is 73.5 cm³/mol. The molecule has 2 aliphatic rings. The van der Waals surface area contributed by atoms with Crippen LogP contribution in [0.25, 0.3) is 0 Å². The number of carbonyl (C=O) groups is 1. The fourth-order valence-corrected chi connectivity index (χ4v) is 3.35. The Hall–Kier alpha value is -0.610. The lowest BCUT2D eigenvalue weighted by Crippen LogP contribution is -2.64. The minimum atomic E-state index is -1.08. The van der Waals surface area contributed by atoms with Crippen LogP contribution >= 0.6 is 0 Å². The van der Waals surface area contributed by atoms with Gasteiger partial charge in [0.2, 0.25) is 5.91 Å². The molecule has 2 atom stereocenters. The minimum absolute atomic E-state index is 0.118. The summed E-state index contributed by atoms with van der Waals surface area (Å²) < 4.78 is 5.37. The van der Waals surface area contributed by atoms with Crippen LogP contribution in [0.4, 0.5) is 0 Å². The maximum Gasteiger partial charge on any atom is 0.228 e. The quantitative estimate of drug-likeness (QED) is 0.615. The maximum atomic E-state index is 12.1. The summed E-state index contributed by atoms with van der Waals surface area (Å²) in [7, 11) is 0. The fourth-order valence-electron chi connectivity index (χ4n) is 3.35. The van der Waals surface area contributed by atoms with E-state index < -0.39 is 5.79 Å². The van der Waals surface area contributed by atoms with Crippen molar-refractivity contribution in [3.8, 4) is 0 Å². The molecule has 0 aromatic rings. The summed E-state index contributed by atoms with van der Waals surface area (Å²) in [5.41, 5.74) is 0. The van der Waals surface area contributed by atoms with Crippen molar-refractivity contribution in [1.82, 2.24) is 4.90 Å². The average Bonchev–Trinajstić information content (AvgIpc) is 2.37. The molecule has 4 heteroatoms. The second-order valence-electron chi connectivity index (χ2n) is 6.48. The number of β-lactam (4-membered cyclic amide) rings is 1. The number of aliphatic hydroxyl groups is 1. The Bertz CT molecular complexity index is 318. The molecule has 0 bridgehead atoms. The van der Waals surface area contributed by atoms with Crippen molar-refractivity contribution in [3.63, 3.8) is 0 Å². The van der Waals surface area contributed by atoms with Crippen LogP contribution < -0.4 is 0 Å². The van der Waals surface area contributed by atoms with E-state index in [-0.39, 0.29) is 5.92 Å². The van der Waals surface area contributed by atoms with Gasteiger partial charge in [-0.1, -0.05) is 26.2 Å². The molecule has 2 fully saturated rings. The van der Waals surface area contributed by atoms with E-state index >= 15 is 0 Å². The number of hydrogen-bond donors (Lipinski definition) is 1. The zero-order valence-corrected chi connectivity index (χ0v) is 12.4. The molecule has 0 spiro atoms. The molecule has 1 saturated heterocycles. The lowest BCUT2D eigenvalue weighted by Gasteiger charge is -2.51. The van der Waals surface area contributed by atoms with E-state index in [1.165, 1.54) is 19.3 Å². The first-order valence-electron chi connectivity index (χ1n) is 7.58. The highest BCUT2D eigenvalue weighted by Gasteiger charge is 2.46. The third-order valence-corrected chi connectivity index (χ3v) is 4.42. The standard InChI is InChI=1S/C15H27NO3/c1-11-13(9-10-19-15(2,3)18)16(14(11)17)12-7-5-4-6-8-12/h11-13,18H,4-10H2,1-3H3. The van der Waals surface area contributed by atoms with Crippen LogP contribution in [0.15, 0.2) is 0 Å². The first-order chi connectivity index (χ1) is 8.90. The van der Waals surface area contributed by atoms with Crippen LogP contribution in [0.3, 0.4) is 0 Å². The molecular formula is C15H27NO3. The molecule has 1 heterocycles. The van der Waals surface area contributed by atoms with E-state index in [9.17, 15) is 9.90 Å². The van der Waals surface area contributed by atoms with Crippen molar-refractivity contribution in [1.29, 1.82) is 0 Å². The molecule has 1 aliphatic carbocycles. The topological polar surface area (TPSA) is 49.8 Å². The molecule has 1 N–H and O–H groups in total. The van der Waals surface area contributed by atoms with Crippen LogP contribution in [0, 0.1) is 5.92 Å². The number of carbonyl (C=O) groups excluding carboxylic acids is 1. The van der Waals surface area contributed by atoms with Crippen LogP contribution in [-0.2, 0) is 9.53 Å². The third kappa shape index (κ3) is 3.48. The van der Waals surface area contributed by atoms with Gasteiger partial charge in [-0.25, -0.2) is 0 Å². The molecule has 4 nitrogen and oxygen atoms in total. The summed E-state index contributed by atoms with van der Waals surface area (Å²) in [5, 5.41) is 9.55. The molecule has 2 unspecified atom stereocenters. The summed E-state index contributed by atoms with van der Waals surface area (Å²) in [4.78, 5) is 14.2. The number of hydrogen-bond acceptors (Lipinski definition) is 3. The van der Waals surface area contributed by atoms with Gasteiger partial charge < -0.3 is 14.7 Å². The minimum Gasteiger partial charge on any atom is -0.366 e. The van der Waals surface area contributed by atoms with Crippen molar-refractivity contribution in [3.05, 3.63) is 0 Å². The number of ether oxygens (including phenoxy) is 1. The molecule has 1 saturated carbocycles. The highest BCUT2D eigenvalue weighted by molar-refractivity contribution is 5.86. The van der Waals surface area contributed by atoms with E-state index in [0.29, 0.717) is 24.6 Å². The molecule has 2 rings (SSSR count). The summed E-state index contributed by atoms with van der Waals surface area (Å²) >= 11 is 0. The second kappa shape index (κ2) is 5.80. The van der Waals surface area contributed by atoms with Gasteiger partial charge in [0.25, 0.3) is 0 Å². The van der Waals surface area contributed by atoms with Gasteiger partial charge in [0.15, 0.2) is 5.79 Å². The van der Waals surface area contributed by atoms with Gasteiger partial charge in [-0.05, 0) is 33.1 Å². The van der Waals surface area contributed by atoms with Crippen molar-refractivity contribution in [2.75, 3.05) is 6.61 Å². The van der Waals surface area contributed by atoms with Gasteiger partial charge in [0.05, 0.1) is 12.5 Å². The Morgan fingerprint density at radius 1 is 1.32 bits per heavy atom. The number of likely N-dealkylation sites (tertiary alicyclic amines) is 1. The largest absolute Gasteiger partial charge is 0.366 e. The maximum absolute atomic E-state index is 12.1. The Morgan fingerprint density at radius 2 is 1.95 bits per heavy atom. The van der Waals surface area contributed by atoms with Crippen molar-refractivity contribution in [2.24, 2.45) is 5.92 Å². The van der Waals surface area contributed by atoms with Gasteiger partial charge in [-0.3, -0.25) is 4.79 Å². The van der Waals surface area contributed by atoms with Crippen LogP contribution in [0.2, 0.25) is 0 Å². The monoisotopic (exact) mass is 269 g/mol. The zero-order valence-electron chi connectivity index (χ0n) is 12.4. The van der Waals surface area contributed by atoms with Crippen LogP contribution in [0.1, 0.15) is 59.3 Å². The average molecular weight is 269 g/mol.